The van der Waals surface area contributed by atoms with Crippen molar-refractivity contribution in [1.29, 1.82) is 0 Å². The van der Waals surface area contributed by atoms with Gasteiger partial charge in [0.05, 0.1) is 39.5 Å². The van der Waals surface area contributed by atoms with E-state index in [1.54, 1.807) is 12.1 Å². The van der Waals surface area contributed by atoms with Gasteiger partial charge in [-0.1, -0.05) is 97.1 Å². The van der Waals surface area contributed by atoms with Crippen molar-refractivity contribution in [3.8, 4) is 11.1 Å². The number of halogens is 2. The number of benzene rings is 6. The number of imide groups is 4. The van der Waals surface area contributed by atoms with E-state index >= 15 is 8.78 Å². The van der Waals surface area contributed by atoms with Crippen molar-refractivity contribution in [3.63, 3.8) is 0 Å². The number of fused-ring (bicyclic) bond motifs is 5. The molecule has 0 aromatic heterocycles. The first kappa shape index (κ1) is 50.6. The molecule has 18 heteroatoms. The van der Waals surface area contributed by atoms with Crippen LogP contribution in [0.3, 0.4) is 0 Å². The Labute approximate surface area is 442 Å². The fourth-order valence-electron chi connectivity index (χ4n) is 11.0. The Morgan fingerprint density at radius 3 is 1.27 bits per heavy atom. The molecule has 0 N–H and O–H groups in total. The van der Waals surface area contributed by atoms with Gasteiger partial charge in [-0.25, -0.2) is 27.5 Å². The van der Waals surface area contributed by atoms with Crippen LogP contribution in [0.4, 0.5) is 8.78 Å². The Morgan fingerprint density at radius 1 is 0.494 bits per heavy atom. The van der Waals surface area contributed by atoms with E-state index in [0.717, 1.165) is 40.9 Å². The molecule has 77 heavy (non-hydrogen) atoms. The SMILES string of the molecule is C=CCC1CC(=O)N(PN2C(=O)c3ccc(C(=O)Cc4ccc(C5(c6ccc(CC(=O)c7ccc8c(c7)C(=O)N(PN7C(=O)CC(CC=C)C7=O)C8=O)c(F)c6)c6ccccc6-c6ccccc65)cc4F)cc3C2=O)C1=O. The number of hydrogen-bond acceptors (Lipinski definition) is 10. The number of hydrogen-bond donors (Lipinski definition) is 0. The largest absolute Gasteiger partial charge is 0.294 e. The molecule has 14 nitrogen and oxygen atoms in total. The van der Waals surface area contributed by atoms with Gasteiger partial charge in [-0.15, -0.1) is 13.2 Å². The number of nitrogens with zero attached hydrogens (tertiary/aromatic N) is 4. The lowest BCUT2D eigenvalue weighted by molar-refractivity contribution is -0.134. The summed E-state index contributed by atoms with van der Waals surface area (Å²) in [4.78, 5) is 133. The van der Waals surface area contributed by atoms with Crippen molar-refractivity contribution in [2.75, 3.05) is 0 Å². The summed E-state index contributed by atoms with van der Waals surface area (Å²) in [6, 6.07) is 31.8. The quantitative estimate of drug-likeness (QED) is 0.0391. The van der Waals surface area contributed by atoms with E-state index in [2.05, 4.69) is 13.2 Å². The van der Waals surface area contributed by atoms with Crippen molar-refractivity contribution in [2.24, 2.45) is 11.8 Å². The molecule has 4 atom stereocenters. The van der Waals surface area contributed by atoms with E-state index in [1.165, 1.54) is 72.8 Å². The van der Waals surface area contributed by atoms with Crippen molar-refractivity contribution < 1.29 is 56.7 Å². The van der Waals surface area contributed by atoms with Gasteiger partial charge in [-0.05, 0) is 93.7 Å². The predicted octanol–water partition coefficient (Wildman–Crippen LogP) is 9.29. The Balaban J connectivity index is 0.851. The van der Waals surface area contributed by atoms with E-state index in [0.29, 0.717) is 11.1 Å². The summed E-state index contributed by atoms with van der Waals surface area (Å²) >= 11 is 0. The maximum Gasteiger partial charge on any atom is 0.266 e. The van der Waals surface area contributed by atoms with E-state index < -0.39 is 118 Å². The number of ketones is 2. The average molecular weight is 1070 g/mol. The predicted molar refractivity (Wildman–Crippen MR) is 280 cm³/mol. The summed E-state index contributed by atoms with van der Waals surface area (Å²) in [6.45, 7) is 7.23. The van der Waals surface area contributed by atoms with Gasteiger partial charge in [0.2, 0.25) is 23.6 Å². The molecule has 2 saturated heterocycles. The topological polar surface area (TPSA) is 184 Å². The molecule has 0 spiro atoms. The molecule has 4 aliphatic heterocycles. The molecular weight excluding hydrogens is 1020 g/mol. The van der Waals surface area contributed by atoms with Crippen LogP contribution in [-0.2, 0) is 37.4 Å². The number of amides is 8. The minimum atomic E-state index is -1.31. The minimum Gasteiger partial charge on any atom is -0.294 e. The third-order valence-corrected chi connectivity index (χ3v) is 17.4. The van der Waals surface area contributed by atoms with Gasteiger partial charge in [0.25, 0.3) is 23.6 Å². The molecule has 5 aliphatic rings. The highest BCUT2D eigenvalue weighted by Crippen LogP contribution is 2.56. The molecule has 1 aliphatic carbocycles. The highest BCUT2D eigenvalue weighted by molar-refractivity contribution is 7.37. The first-order valence-electron chi connectivity index (χ1n) is 24.4. The summed E-state index contributed by atoms with van der Waals surface area (Å²) in [6.07, 6.45) is 2.55. The number of Topliss-reactive ketones (excluding diaryl/α,β-unsaturated/α-hetero) is 2. The van der Waals surface area contributed by atoms with Crippen molar-refractivity contribution in [3.05, 3.63) is 225 Å². The zero-order chi connectivity index (χ0) is 54.2. The Hall–Kier alpha value is -8.58. The molecule has 382 valence electrons. The molecule has 4 unspecified atom stereocenters. The zero-order valence-electron chi connectivity index (χ0n) is 40.6. The van der Waals surface area contributed by atoms with Crippen LogP contribution in [-0.4, -0.2) is 77.5 Å². The van der Waals surface area contributed by atoms with Gasteiger partial charge in [0.1, 0.15) is 29.4 Å². The van der Waals surface area contributed by atoms with Crippen molar-refractivity contribution in [2.45, 2.75) is 43.9 Å². The minimum absolute atomic E-state index is 0.00837. The molecule has 8 amide bonds. The van der Waals surface area contributed by atoms with Crippen LogP contribution in [0.25, 0.3) is 11.1 Å². The molecule has 2 fully saturated rings. The fourth-order valence-corrected chi connectivity index (χ4v) is 13.2. The molecule has 11 rings (SSSR count). The van der Waals surface area contributed by atoms with Crippen LogP contribution >= 0.6 is 17.8 Å². The van der Waals surface area contributed by atoms with Crippen LogP contribution in [0.15, 0.2) is 147 Å². The molecule has 0 saturated carbocycles. The standard InChI is InChI=1S/C59H42F2N4O10P2/c1-3-9-35-27-51(68)62(53(35)70)76-64-55(72)41-21-17-33(23-43(41)57(64)74)49(66)25-31-15-19-37(29-47(31)60)59(45-13-7-5-11-39(45)40-12-6-8-14-46(40)59)38-20-16-32(48(61)30-38)26-50(67)34-18-22-42-44(24-34)58(75)65(56(42)73)77-63-52(69)28-36(10-4-2)54(63)71/h3-8,11-24,29-30,35-36,76-77H,1-2,9-10,25-28H2. The Bertz CT molecular complexity index is 3500. The molecule has 6 aromatic rings. The van der Waals surface area contributed by atoms with Gasteiger partial charge in [-0.3, -0.25) is 47.9 Å². The molecule has 6 aromatic carbocycles. The second-order valence-electron chi connectivity index (χ2n) is 19.3. The van der Waals surface area contributed by atoms with Crippen LogP contribution in [0.5, 0.6) is 0 Å². The monoisotopic (exact) mass is 1070 g/mol. The van der Waals surface area contributed by atoms with Gasteiger partial charge in [-0.2, -0.15) is 0 Å². The van der Waals surface area contributed by atoms with E-state index in [9.17, 15) is 47.9 Å². The van der Waals surface area contributed by atoms with Crippen LogP contribution in [0, 0.1) is 23.5 Å². The number of carbonyl (C=O) groups is 10. The average Bonchev–Trinajstić information content (AvgIpc) is 4.28. The second kappa shape index (κ2) is 19.5. The lowest BCUT2D eigenvalue weighted by Crippen LogP contribution is -2.31. The number of carbonyl (C=O) groups excluding carboxylic acids is 10. The van der Waals surface area contributed by atoms with Crippen LogP contribution < -0.4 is 0 Å². The Kier molecular flexibility index (Phi) is 12.8. The van der Waals surface area contributed by atoms with Crippen LogP contribution in [0.2, 0.25) is 0 Å². The summed E-state index contributed by atoms with van der Waals surface area (Å²) < 4.78 is 37.0. The fraction of sp³-hybridized carbons (Fsp3) is 0.153. The molecule has 0 bridgehead atoms. The van der Waals surface area contributed by atoms with Crippen molar-refractivity contribution >= 4 is 76.6 Å². The Morgan fingerprint density at radius 2 is 0.883 bits per heavy atom. The summed E-state index contributed by atoms with van der Waals surface area (Å²) in [7, 11) is -1.80. The molecule has 4 heterocycles. The normalized spacial score (nSPS) is 18.4. The molecule has 0 radical (unpaired) electrons. The highest BCUT2D eigenvalue weighted by Gasteiger charge is 2.48. The lowest BCUT2D eigenvalue weighted by atomic mass is 9.67. The van der Waals surface area contributed by atoms with Gasteiger partial charge < -0.3 is 0 Å². The highest BCUT2D eigenvalue weighted by atomic mass is 31.1. The van der Waals surface area contributed by atoms with E-state index in [4.69, 9.17) is 0 Å². The van der Waals surface area contributed by atoms with E-state index in [1.807, 2.05) is 48.5 Å². The summed E-state index contributed by atoms with van der Waals surface area (Å²) in [5.41, 5.74) is 2.45. The smallest absolute Gasteiger partial charge is 0.266 e. The van der Waals surface area contributed by atoms with Gasteiger partial charge >= 0.3 is 0 Å². The summed E-state index contributed by atoms with van der Waals surface area (Å²) in [5, 5.41) is 0. The number of allylic oxidation sites excluding steroid dienone is 2. The van der Waals surface area contributed by atoms with Crippen molar-refractivity contribution in [1.82, 2.24) is 18.7 Å². The summed E-state index contributed by atoms with van der Waals surface area (Å²) in [5.74, 6) is -8.93. The third-order valence-electron chi connectivity index (χ3n) is 14.8. The van der Waals surface area contributed by atoms with E-state index in [-0.39, 0.29) is 70.2 Å². The first-order valence-corrected chi connectivity index (χ1v) is 26.2. The number of rotatable bonds is 16. The second-order valence-corrected chi connectivity index (χ2v) is 21.4. The first-order chi connectivity index (χ1) is 37.0. The maximum absolute atomic E-state index is 16.8. The van der Waals surface area contributed by atoms with Crippen LogP contribution in [0.1, 0.15) is 121 Å². The lowest BCUT2D eigenvalue weighted by Gasteiger charge is -2.34. The third kappa shape index (κ3) is 8.21. The van der Waals surface area contributed by atoms with Gasteiger partial charge in [0.15, 0.2) is 11.6 Å². The molecular formula is C59H42F2N4O10P2. The zero-order valence-corrected chi connectivity index (χ0v) is 42.6. The van der Waals surface area contributed by atoms with Gasteiger partial charge in [0, 0.05) is 36.8 Å². The maximum atomic E-state index is 16.8.